The monoisotopic (exact) mass is 353 g/mol. The fourth-order valence-electron chi connectivity index (χ4n) is 2.45. The molecule has 0 heterocycles. The van der Waals surface area contributed by atoms with Gasteiger partial charge in [0, 0.05) is 24.3 Å². The lowest BCUT2D eigenvalue weighted by molar-refractivity contribution is -0.119. The molecule has 138 valence electrons. The van der Waals surface area contributed by atoms with Crippen molar-refractivity contribution in [2.24, 2.45) is 0 Å². The number of amides is 2. The highest BCUT2D eigenvalue weighted by Gasteiger charge is 2.04. The fourth-order valence-corrected chi connectivity index (χ4v) is 2.45. The van der Waals surface area contributed by atoms with E-state index in [1.165, 1.54) is 0 Å². The van der Waals surface area contributed by atoms with Gasteiger partial charge in [0.2, 0.25) is 11.8 Å². The lowest BCUT2D eigenvalue weighted by Crippen LogP contribution is -2.30. The molecule has 0 atom stereocenters. The van der Waals surface area contributed by atoms with Gasteiger partial charge in [-0.15, -0.1) is 0 Å². The predicted octanol–water partition coefficient (Wildman–Crippen LogP) is 3.59. The van der Waals surface area contributed by atoms with Crippen LogP contribution in [0.4, 0.5) is 11.4 Å². The van der Waals surface area contributed by atoms with Crippen molar-refractivity contribution in [1.82, 2.24) is 5.32 Å². The summed E-state index contributed by atoms with van der Waals surface area (Å²) in [4.78, 5) is 23.7. The van der Waals surface area contributed by atoms with Gasteiger partial charge in [-0.25, -0.2) is 0 Å². The van der Waals surface area contributed by atoms with Gasteiger partial charge in [-0.2, -0.15) is 0 Å². The largest absolute Gasteiger partial charge is 0.376 e. The van der Waals surface area contributed by atoms with Crippen LogP contribution in [-0.2, 0) is 16.0 Å². The summed E-state index contributed by atoms with van der Waals surface area (Å²) in [6.07, 6.45) is 3.22. The van der Waals surface area contributed by atoms with Crippen molar-refractivity contribution in [3.63, 3.8) is 0 Å². The Morgan fingerprint density at radius 2 is 1.58 bits per heavy atom. The van der Waals surface area contributed by atoms with Crippen LogP contribution in [0.15, 0.2) is 54.6 Å². The molecule has 0 aliphatic rings. The number of carbonyl (C=O) groups excluding carboxylic acids is 2. The van der Waals surface area contributed by atoms with Crippen LogP contribution in [-0.4, -0.2) is 24.9 Å². The Kier molecular flexibility index (Phi) is 8.19. The van der Waals surface area contributed by atoms with Crippen molar-refractivity contribution in [3.8, 4) is 0 Å². The third-order valence-corrected chi connectivity index (χ3v) is 3.96. The molecule has 5 nitrogen and oxygen atoms in total. The Balaban J connectivity index is 1.71. The summed E-state index contributed by atoms with van der Waals surface area (Å²) in [6.45, 7) is 3.05. The topological polar surface area (TPSA) is 70.2 Å². The number of benzene rings is 2. The van der Waals surface area contributed by atoms with E-state index < -0.39 is 0 Å². The van der Waals surface area contributed by atoms with Crippen molar-refractivity contribution >= 4 is 23.2 Å². The van der Waals surface area contributed by atoms with Gasteiger partial charge in [0.15, 0.2) is 0 Å². The summed E-state index contributed by atoms with van der Waals surface area (Å²) in [6, 6.07) is 17.3. The molecule has 2 aromatic rings. The lowest BCUT2D eigenvalue weighted by Gasteiger charge is -2.09. The van der Waals surface area contributed by atoms with E-state index in [-0.39, 0.29) is 18.4 Å². The van der Waals surface area contributed by atoms with E-state index in [1.54, 1.807) is 0 Å². The molecular formula is C21H27N3O2. The van der Waals surface area contributed by atoms with E-state index in [1.807, 2.05) is 54.6 Å². The minimum Gasteiger partial charge on any atom is -0.376 e. The van der Waals surface area contributed by atoms with Crippen LogP contribution in [0.1, 0.15) is 31.7 Å². The first-order chi connectivity index (χ1) is 12.7. The minimum atomic E-state index is -0.0169. The maximum Gasteiger partial charge on any atom is 0.239 e. The van der Waals surface area contributed by atoms with Crippen LogP contribution in [0, 0.1) is 0 Å². The van der Waals surface area contributed by atoms with Gasteiger partial charge in [-0.05, 0) is 42.7 Å². The van der Waals surface area contributed by atoms with E-state index in [4.69, 9.17) is 0 Å². The zero-order chi connectivity index (χ0) is 18.6. The van der Waals surface area contributed by atoms with Gasteiger partial charge in [0.25, 0.3) is 0 Å². The summed E-state index contributed by atoms with van der Waals surface area (Å²) < 4.78 is 0. The molecule has 0 radical (unpaired) electrons. The van der Waals surface area contributed by atoms with E-state index in [2.05, 4.69) is 22.9 Å². The van der Waals surface area contributed by atoms with Crippen LogP contribution in [0.2, 0.25) is 0 Å². The Morgan fingerprint density at radius 3 is 2.27 bits per heavy atom. The molecule has 0 saturated heterocycles. The molecule has 0 bridgehead atoms. The van der Waals surface area contributed by atoms with Gasteiger partial charge in [0.1, 0.15) is 0 Å². The molecule has 2 rings (SSSR count). The van der Waals surface area contributed by atoms with E-state index in [9.17, 15) is 9.59 Å². The van der Waals surface area contributed by atoms with Crippen LogP contribution >= 0.6 is 0 Å². The van der Waals surface area contributed by atoms with Gasteiger partial charge >= 0.3 is 0 Å². The summed E-state index contributed by atoms with van der Waals surface area (Å²) in [5.41, 5.74) is 2.75. The number of rotatable bonds is 10. The Labute approximate surface area is 155 Å². The Hall–Kier alpha value is -2.82. The minimum absolute atomic E-state index is 0.00939. The van der Waals surface area contributed by atoms with Gasteiger partial charge in [-0.3, -0.25) is 9.59 Å². The molecule has 0 spiro atoms. The Bertz CT molecular complexity index is 684. The second-order valence-electron chi connectivity index (χ2n) is 6.17. The number of carbonyl (C=O) groups is 2. The highest BCUT2D eigenvalue weighted by molar-refractivity contribution is 5.91. The fraction of sp³-hybridized carbons (Fsp3) is 0.333. The van der Waals surface area contributed by atoms with E-state index in [0.29, 0.717) is 13.0 Å². The Morgan fingerprint density at radius 1 is 0.885 bits per heavy atom. The molecule has 0 unspecified atom stereocenters. The van der Waals surface area contributed by atoms with Crippen LogP contribution in [0.25, 0.3) is 0 Å². The summed E-state index contributed by atoms with van der Waals surface area (Å²) in [7, 11) is 0. The van der Waals surface area contributed by atoms with Crippen LogP contribution < -0.4 is 16.0 Å². The molecule has 2 amide bonds. The standard InChI is InChI=1S/C21H27N3O2/c1-2-3-15-22-21(26)16-23-18-10-12-19(13-11-18)24-20(25)14-9-17-7-5-4-6-8-17/h4-8,10-13,23H,2-3,9,14-16H2,1H3,(H,22,26)(H,24,25). The molecular weight excluding hydrogens is 326 g/mol. The van der Waals surface area contributed by atoms with Crippen molar-refractivity contribution in [1.29, 1.82) is 0 Å². The number of anilines is 2. The number of hydrogen-bond acceptors (Lipinski definition) is 3. The quantitative estimate of drug-likeness (QED) is 0.572. The molecule has 5 heteroatoms. The van der Waals surface area contributed by atoms with Crippen LogP contribution in [0.5, 0.6) is 0 Å². The smallest absolute Gasteiger partial charge is 0.239 e. The second-order valence-corrected chi connectivity index (χ2v) is 6.17. The van der Waals surface area contributed by atoms with Gasteiger partial charge in [0.05, 0.1) is 6.54 Å². The van der Waals surface area contributed by atoms with Crippen molar-refractivity contribution in [3.05, 3.63) is 60.2 Å². The van der Waals surface area contributed by atoms with Crippen molar-refractivity contribution in [2.75, 3.05) is 23.7 Å². The average molecular weight is 353 g/mol. The number of nitrogens with one attached hydrogen (secondary N) is 3. The van der Waals surface area contributed by atoms with Crippen LogP contribution in [0.3, 0.4) is 0 Å². The first kappa shape index (κ1) is 19.5. The molecule has 0 aliphatic carbocycles. The van der Waals surface area contributed by atoms with E-state index in [0.717, 1.165) is 36.2 Å². The maximum absolute atomic E-state index is 12.0. The summed E-state index contributed by atoms with van der Waals surface area (Å²) >= 11 is 0. The zero-order valence-electron chi connectivity index (χ0n) is 15.3. The molecule has 0 saturated carbocycles. The highest BCUT2D eigenvalue weighted by atomic mass is 16.2. The maximum atomic E-state index is 12.0. The summed E-state index contributed by atoms with van der Waals surface area (Å²) in [5.74, 6) is -0.0263. The first-order valence-corrected chi connectivity index (χ1v) is 9.12. The average Bonchev–Trinajstić information content (AvgIpc) is 2.67. The molecule has 2 aromatic carbocycles. The summed E-state index contributed by atoms with van der Waals surface area (Å²) in [5, 5.41) is 8.83. The molecule has 0 fully saturated rings. The van der Waals surface area contributed by atoms with Gasteiger partial charge in [-0.1, -0.05) is 43.7 Å². The molecule has 0 aromatic heterocycles. The molecule has 3 N–H and O–H groups in total. The molecule has 0 aliphatic heterocycles. The third-order valence-electron chi connectivity index (χ3n) is 3.96. The van der Waals surface area contributed by atoms with Crippen molar-refractivity contribution in [2.45, 2.75) is 32.6 Å². The zero-order valence-corrected chi connectivity index (χ0v) is 15.3. The SMILES string of the molecule is CCCCNC(=O)CNc1ccc(NC(=O)CCc2ccccc2)cc1. The van der Waals surface area contributed by atoms with Crippen molar-refractivity contribution < 1.29 is 9.59 Å². The normalized spacial score (nSPS) is 10.2. The lowest BCUT2D eigenvalue weighted by atomic mass is 10.1. The number of aryl methyl sites for hydroxylation is 1. The highest BCUT2D eigenvalue weighted by Crippen LogP contribution is 2.14. The second kappa shape index (κ2) is 10.9. The predicted molar refractivity (Wildman–Crippen MR) is 106 cm³/mol. The third kappa shape index (κ3) is 7.38. The molecule has 26 heavy (non-hydrogen) atoms. The van der Waals surface area contributed by atoms with Gasteiger partial charge < -0.3 is 16.0 Å². The first-order valence-electron chi connectivity index (χ1n) is 9.12. The number of unbranched alkanes of at least 4 members (excludes halogenated alkanes) is 1. The number of hydrogen-bond donors (Lipinski definition) is 3. The van der Waals surface area contributed by atoms with E-state index >= 15 is 0 Å².